The van der Waals surface area contributed by atoms with Gasteiger partial charge in [-0.2, -0.15) is 0 Å². The topological polar surface area (TPSA) is 76.7 Å². The summed E-state index contributed by atoms with van der Waals surface area (Å²) in [7, 11) is 1.56. The minimum absolute atomic E-state index is 0.194. The van der Waals surface area contributed by atoms with Crippen molar-refractivity contribution in [2.75, 3.05) is 13.7 Å². The minimum Gasteiger partial charge on any atom is -0.496 e. The van der Waals surface area contributed by atoms with E-state index >= 15 is 0 Å². The average Bonchev–Trinajstić information content (AvgIpc) is 2.64. The van der Waals surface area contributed by atoms with Crippen molar-refractivity contribution >= 4 is 17.9 Å². The van der Waals surface area contributed by atoms with Crippen molar-refractivity contribution in [1.29, 1.82) is 0 Å². The Balaban J connectivity index is 1.79. The Labute approximate surface area is 152 Å². The first-order valence-electron chi connectivity index (χ1n) is 8.09. The normalized spacial score (nSPS) is 10.4. The number of aryl methyl sites for hydroxylation is 2. The number of ether oxygens (including phenoxy) is 2. The second-order valence-corrected chi connectivity index (χ2v) is 5.67. The average molecular weight is 354 g/mol. The summed E-state index contributed by atoms with van der Waals surface area (Å²) in [6.45, 7) is 3.70. The summed E-state index contributed by atoms with van der Waals surface area (Å²) in [4.78, 5) is 23.6. The molecule has 2 aromatic rings. The summed E-state index contributed by atoms with van der Waals surface area (Å²) in [5.74, 6) is 0.371. The van der Waals surface area contributed by atoms with Crippen molar-refractivity contribution in [2.45, 2.75) is 13.8 Å². The number of carbonyl (C=O) groups excluding carboxylic acids is 2. The number of hydrazine groups is 1. The number of methoxy groups -OCH3 is 1. The van der Waals surface area contributed by atoms with Crippen molar-refractivity contribution in [1.82, 2.24) is 10.9 Å². The highest BCUT2D eigenvalue weighted by Crippen LogP contribution is 2.19. The summed E-state index contributed by atoms with van der Waals surface area (Å²) in [6.07, 6.45) is 2.91. The summed E-state index contributed by atoms with van der Waals surface area (Å²) >= 11 is 0. The first kappa shape index (κ1) is 19.1. The maximum absolute atomic E-state index is 11.8. The number of hydrogen-bond acceptors (Lipinski definition) is 4. The molecule has 0 aromatic heterocycles. The van der Waals surface area contributed by atoms with E-state index in [1.165, 1.54) is 6.08 Å². The molecule has 0 atom stereocenters. The molecule has 6 heteroatoms. The van der Waals surface area contributed by atoms with Crippen LogP contribution in [0.4, 0.5) is 0 Å². The summed E-state index contributed by atoms with van der Waals surface area (Å²) in [5, 5.41) is 0. The van der Waals surface area contributed by atoms with Gasteiger partial charge in [-0.1, -0.05) is 35.9 Å². The fraction of sp³-hybridized carbons (Fsp3) is 0.200. The number of rotatable bonds is 6. The SMILES string of the molecule is COc1ccccc1C=CC(=O)NNC(=O)COc1ccc(C)cc1C. The Bertz CT molecular complexity index is 815. The second-order valence-electron chi connectivity index (χ2n) is 5.67. The molecule has 2 amide bonds. The third-order valence-electron chi connectivity index (χ3n) is 3.57. The van der Waals surface area contributed by atoms with Crippen LogP contribution in [0.1, 0.15) is 16.7 Å². The molecular weight excluding hydrogens is 332 g/mol. The molecule has 0 aliphatic carbocycles. The van der Waals surface area contributed by atoms with E-state index in [1.54, 1.807) is 19.3 Å². The first-order chi connectivity index (χ1) is 12.5. The van der Waals surface area contributed by atoms with Crippen LogP contribution >= 0.6 is 0 Å². The van der Waals surface area contributed by atoms with Gasteiger partial charge in [0.25, 0.3) is 11.8 Å². The van der Waals surface area contributed by atoms with Gasteiger partial charge < -0.3 is 9.47 Å². The molecule has 6 nitrogen and oxygen atoms in total. The van der Waals surface area contributed by atoms with Crippen LogP contribution in [0.2, 0.25) is 0 Å². The maximum atomic E-state index is 11.8. The van der Waals surface area contributed by atoms with Crippen LogP contribution in [-0.2, 0) is 9.59 Å². The monoisotopic (exact) mass is 354 g/mol. The standard InChI is InChI=1S/C20H22N2O4/c1-14-8-10-17(15(2)12-14)26-13-20(24)22-21-19(23)11-9-16-6-4-5-7-18(16)25-3/h4-12H,13H2,1-3H3,(H,21,23)(H,22,24). The zero-order chi connectivity index (χ0) is 18.9. The van der Waals surface area contributed by atoms with Gasteiger partial charge in [-0.15, -0.1) is 0 Å². The van der Waals surface area contributed by atoms with E-state index in [4.69, 9.17) is 9.47 Å². The highest BCUT2D eigenvalue weighted by molar-refractivity contribution is 5.93. The van der Waals surface area contributed by atoms with Gasteiger partial charge in [0.2, 0.25) is 0 Å². The Hall–Kier alpha value is -3.28. The Morgan fingerprint density at radius 3 is 2.54 bits per heavy atom. The highest BCUT2D eigenvalue weighted by atomic mass is 16.5. The summed E-state index contributed by atoms with van der Waals surface area (Å²) < 4.78 is 10.6. The van der Waals surface area contributed by atoms with E-state index in [0.29, 0.717) is 11.5 Å². The first-order valence-corrected chi connectivity index (χ1v) is 8.09. The van der Waals surface area contributed by atoms with Crippen LogP contribution in [0, 0.1) is 13.8 Å². The number of benzene rings is 2. The van der Waals surface area contributed by atoms with Gasteiger partial charge in [0, 0.05) is 11.6 Å². The minimum atomic E-state index is -0.462. The molecule has 0 aliphatic heterocycles. The van der Waals surface area contributed by atoms with Crippen LogP contribution in [0.25, 0.3) is 6.08 Å². The molecule has 136 valence electrons. The van der Waals surface area contributed by atoms with Crippen molar-refractivity contribution in [3.8, 4) is 11.5 Å². The molecule has 0 radical (unpaired) electrons. The fourth-order valence-corrected chi connectivity index (χ4v) is 2.28. The Morgan fingerprint density at radius 2 is 1.81 bits per heavy atom. The van der Waals surface area contributed by atoms with E-state index in [2.05, 4.69) is 10.9 Å². The van der Waals surface area contributed by atoms with Gasteiger partial charge in [-0.05, 0) is 37.6 Å². The third kappa shape index (κ3) is 5.66. The van der Waals surface area contributed by atoms with Crippen molar-refractivity contribution in [3.63, 3.8) is 0 Å². The van der Waals surface area contributed by atoms with Crippen LogP contribution < -0.4 is 20.3 Å². The molecular formula is C20H22N2O4. The van der Waals surface area contributed by atoms with Crippen LogP contribution in [0.3, 0.4) is 0 Å². The molecule has 0 aliphatic rings. The molecule has 0 spiro atoms. The maximum Gasteiger partial charge on any atom is 0.276 e. The number of para-hydroxylation sites is 1. The predicted octanol–water partition coefficient (Wildman–Crippen LogP) is 2.55. The number of hydrogen-bond donors (Lipinski definition) is 2. The molecule has 0 fully saturated rings. The molecule has 0 saturated carbocycles. The lowest BCUT2D eigenvalue weighted by Crippen LogP contribution is -2.43. The molecule has 2 N–H and O–H groups in total. The number of nitrogens with one attached hydrogen (secondary N) is 2. The molecule has 0 heterocycles. The van der Waals surface area contributed by atoms with Gasteiger partial charge >= 0.3 is 0 Å². The lowest BCUT2D eigenvalue weighted by molar-refractivity contribution is -0.128. The quantitative estimate of drug-likeness (QED) is 0.617. The van der Waals surface area contributed by atoms with E-state index in [9.17, 15) is 9.59 Å². The van der Waals surface area contributed by atoms with Crippen LogP contribution in [0.15, 0.2) is 48.5 Å². The van der Waals surface area contributed by atoms with E-state index in [-0.39, 0.29) is 6.61 Å². The van der Waals surface area contributed by atoms with Crippen molar-refractivity contribution in [3.05, 3.63) is 65.2 Å². The van der Waals surface area contributed by atoms with E-state index in [0.717, 1.165) is 16.7 Å². The van der Waals surface area contributed by atoms with Gasteiger partial charge in [-0.3, -0.25) is 20.4 Å². The van der Waals surface area contributed by atoms with Gasteiger partial charge in [0.05, 0.1) is 7.11 Å². The smallest absolute Gasteiger partial charge is 0.276 e. The van der Waals surface area contributed by atoms with Gasteiger partial charge in [0.15, 0.2) is 6.61 Å². The number of carbonyl (C=O) groups is 2. The van der Waals surface area contributed by atoms with Crippen LogP contribution in [0.5, 0.6) is 11.5 Å². The molecule has 2 rings (SSSR count). The lowest BCUT2D eigenvalue weighted by atomic mass is 10.1. The number of amides is 2. The molecule has 2 aromatic carbocycles. The molecule has 0 saturated heterocycles. The lowest BCUT2D eigenvalue weighted by Gasteiger charge is -2.10. The predicted molar refractivity (Wildman–Crippen MR) is 99.7 cm³/mol. The Kier molecular flexibility index (Phi) is 6.79. The van der Waals surface area contributed by atoms with Crippen LogP contribution in [-0.4, -0.2) is 25.5 Å². The highest BCUT2D eigenvalue weighted by Gasteiger charge is 2.06. The summed E-state index contributed by atoms with van der Waals surface area (Å²) in [5.41, 5.74) is 7.43. The van der Waals surface area contributed by atoms with Gasteiger partial charge in [-0.25, -0.2) is 0 Å². The second kappa shape index (κ2) is 9.27. The van der Waals surface area contributed by atoms with Crippen molar-refractivity contribution < 1.29 is 19.1 Å². The largest absolute Gasteiger partial charge is 0.496 e. The van der Waals surface area contributed by atoms with Crippen molar-refractivity contribution in [2.24, 2.45) is 0 Å². The third-order valence-corrected chi connectivity index (χ3v) is 3.57. The molecule has 26 heavy (non-hydrogen) atoms. The Morgan fingerprint density at radius 1 is 1.04 bits per heavy atom. The molecule has 0 bridgehead atoms. The fourth-order valence-electron chi connectivity index (χ4n) is 2.28. The zero-order valence-electron chi connectivity index (χ0n) is 15.0. The van der Waals surface area contributed by atoms with E-state index in [1.807, 2.05) is 50.2 Å². The summed E-state index contributed by atoms with van der Waals surface area (Å²) in [6, 6.07) is 13.0. The zero-order valence-corrected chi connectivity index (χ0v) is 15.0. The molecule has 0 unspecified atom stereocenters. The van der Waals surface area contributed by atoms with E-state index < -0.39 is 11.8 Å². The van der Waals surface area contributed by atoms with Gasteiger partial charge in [0.1, 0.15) is 11.5 Å².